The quantitative estimate of drug-likeness (QED) is 0.369. The number of hydrogen-bond donors (Lipinski definition) is 2. The number of halogens is 3. The molecule has 0 radical (unpaired) electrons. The summed E-state index contributed by atoms with van der Waals surface area (Å²) < 4.78 is 0. The Balaban J connectivity index is 1.63. The van der Waals surface area contributed by atoms with E-state index in [9.17, 15) is 9.59 Å². The van der Waals surface area contributed by atoms with E-state index in [4.69, 9.17) is 34.8 Å². The van der Waals surface area contributed by atoms with Crippen LogP contribution in [0.3, 0.4) is 0 Å². The number of rotatable bonds is 6. The summed E-state index contributed by atoms with van der Waals surface area (Å²) in [6.45, 7) is 0. The number of aldehydes is 1. The van der Waals surface area contributed by atoms with Crippen molar-refractivity contribution in [2.75, 3.05) is 10.2 Å². The number of nitrogens with one attached hydrogen (secondary N) is 2. The summed E-state index contributed by atoms with van der Waals surface area (Å²) in [7, 11) is 0. The average Bonchev–Trinajstić information content (AvgIpc) is 3.27. The fourth-order valence-corrected chi connectivity index (χ4v) is 6.47. The minimum absolute atomic E-state index is 0.194. The third-order valence-corrected chi connectivity index (χ3v) is 8.39. The van der Waals surface area contributed by atoms with Crippen LogP contribution in [0.2, 0.25) is 15.1 Å². The molecule has 1 saturated carbocycles. The fourth-order valence-electron chi connectivity index (χ4n) is 5.92. The largest absolute Gasteiger partial charge is 0.327 e. The first-order chi connectivity index (χ1) is 17.3. The van der Waals surface area contributed by atoms with Gasteiger partial charge in [0.05, 0.1) is 0 Å². The normalized spacial score (nSPS) is 24.8. The van der Waals surface area contributed by atoms with Crippen LogP contribution in [0.4, 0.5) is 11.4 Å². The van der Waals surface area contributed by atoms with Crippen LogP contribution >= 0.6 is 34.8 Å². The number of nitrogens with zero attached hydrogens (tertiary/aromatic N) is 1. The molecule has 1 fully saturated rings. The number of carbonyl (C=O) groups is 2. The first kappa shape index (κ1) is 23.8. The summed E-state index contributed by atoms with van der Waals surface area (Å²) in [4.78, 5) is 29.3. The third kappa shape index (κ3) is 3.64. The summed E-state index contributed by atoms with van der Waals surface area (Å²) in [5, 5.41) is 8.33. The summed E-state index contributed by atoms with van der Waals surface area (Å²) in [6, 6.07) is 18.7. The van der Waals surface area contributed by atoms with Gasteiger partial charge < -0.3 is 10.2 Å². The highest BCUT2D eigenvalue weighted by Crippen LogP contribution is 2.53. The fraction of sp³-hybridized carbons (Fsp3) is 0.286. The van der Waals surface area contributed by atoms with Gasteiger partial charge in [-0.15, -0.1) is 0 Å². The number of anilines is 2. The molecular formula is C28H24Cl3N3O2. The molecule has 2 unspecified atom stereocenters. The smallest absolute Gasteiger partial charge is 0.255 e. The van der Waals surface area contributed by atoms with Crippen molar-refractivity contribution >= 4 is 58.4 Å². The summed E-state index contributed by atoms with van der Waals surface area (Å²) in [5.74, 6) is -0.228. The van der Waals surface area contributed by atoms with Crippen LogP contribution in [0.25, 0.3) is 0 Å². The molecule has 3 aromatic rings. The second-order valence-corrected chi connectivity index (χ2v) is 11.2. The van der Waals surface area contributed by atoms with Gasteiger partial charge in [0.1, 0.15) is 0 Å². The van der Waals surface area contributed by atoms with Crippen molar-refractivity contribution in [1.29, 1.82) is 0 Å². The molecule has 6 rings (SSSR count). The Bertz CT molecular complexity index is 1390. The first-order valence-electron chi connectivity index (χ1n) is 12.0. The Hall–Kier alpha value is -2.57. The molecule has 3 aliphatic rings. The van der Waals surface area contributed by atoms with Gasteiger partial charge in [0, 0.05) is 50.9 Å². The molecular weight excluding hydrogens is 517 g/mol. The maximum absolute atomic E-state index is 14.2. The van der Waals surface area contributed by atoms with Gasteiger partial charge in [-0.25, -0.2) is 0 Å². The van der Waals surface area contributed by atoms with E-state index in [0.717, 1.165) is 47.9 Å². The molecule has 0 spiro atoms. The number of fused-ring (bicyclic) bond motifs is 2. The van der Waals surface area contributed by atoms with Gasteiger partial charge in [-0.2, -0.15) is 0 Å². The highest BCUT2D eigenvalue weighted by molar-refractivity contribution is 6.31. The number of amides is 1. The van der Waals surface area contributed by atoms with Gasteiger partial charge in [-0.1, -0.05) is 65.5 Å². The molecule has 2 atom stereocenters. The first-order valence-corrected chi connectivity index (χ1v) is 13.2. The number of benzene rings is 3. The van der Waals surface area contributed by atoms with Crippen LogP contribution in [-0.2, 0) is 28.0 Å². The Morgan fingerprint density at radius 3 is 2.47 bits per heavy atom. The van der Waals surface area contributed by atoms with Gasteiger partial charge in [-0.3, -0.25) is 14.9 Å². The van der Waals surface area contributed by atoms with Crippen LogP contribution in [0.5, 0.6) is 0 Å². The zero-order valence-corrected chi connectivity index (χ0v) is 21.6. The van der Waals surface area contributed by atoms with E-state index in [1.54, 1.807) is 18.2 Å². The zero-order chi connectivity index (χ0) is 25.1. The van der Waals surface area contributed by atoms with E-state index in [-0.39, 0.29) is 11.9 Å². The molecule has 2 aliphatic heterocycles. The lowest BCUT2D eigenvalue weighted by atomic mass is 9.80. The van der Waals surface area contributed by atoms with Crippen molar-refractivity contribution in [1.82, 2.24) is 5.32 Å². The van der Waals surface area contributed by atoms with E-state index < -0.39 is 11.2 Å². The van der Waals surface area contributed by atoms with Crippen molar-refractivity contribution in [3.63, 3.8) is 0 Å². The van der Waals surface area contributed by atoms with E-state index in [2.05, 4.69) is 10.6 Å². The Kier molecular flexibility index (Phi) is 5.80. The van der Waals surface area contributed by atoms with Crippen molar-refractivity contribution in [3.05, 3.63) is 92.4 Å². The van der Waals surface area contributed by atoms with Crippen LogP contribution < -0.4 is 15.5 Å². The molecule has 184 valence electrons. The second-order valence-electron chi connectivity index (χ2n) is 9.91. The SMILES string of the molecule is O=CC1(NC2CCC2)Cc2ccc(Cl)cc2N1C1(Cc2cccc(Cl)c2)C(=O)Nc2cc(Cl)ccc21. The molecule has 36 heavy (non-hydrogen) atoms. The predicted octanol–water partition coefficient (Wildman–Crippen LogP) is 6.14. The average molecular weight is 541 g/mol. The molecule has 2 N–H and O–H groups in total. The van der Waals surface area contributed by atoms with Crippen molar-refractivity contribution in [2.45, 2.75) is 49.3 Å². The van der Waals surface area contributed by atoms with Crippen molar-refractivity contribution in [3.8, 4) is 0 Å². The van der Waals surface area contributed by atoms with Crippen molar-refractivity contribution < 1.29 is 9.59 Å². The Morgan fingerprint density at radius 1 is 1.00 bits per heavy atom. The van der Waals surface area contributed by atoms with E-state index in [0.29, 0.717) is 33.6 Å². The van der Waals surface area contributed by atoms with Gasteiger partial charge >= 0.3 is 0 Å². The maximum atomic E-state index is 14.2. The van der Waals surface area contributed by atoms with E-state index in [1.165, 1.54) is 0 Å². The molecule has 1 amide bonds. The maximum Gasteiger partial charge on any atom is 0.255 e. The van der Waals surface area contributed by atoms with Crippen LogP contribution in [0.1, 0.15) is 36.0 Å². The van der Waals surface area contributed by atoms with Gasteiger partial charge in [0.15, 0.2) is 17.5 Å². The minimum atomic E-state index is -1.25. The highest BCUT2D eigenvalue weighted by Gasteiger charge is 2.61. The van der Waals surface area contributed by atoms with Crippen LogP contribution in [-0.4, -0.2) is 23.9 Å². The topological polar surface area (TPSA) is 61.4 Å². The summed E-state index contributed by atoms with van der Waals surface area (Å²) in [6.07, 6.45) is 4.76. The standard InChI is InChI=1S/C28H24Cl3N3O2/c29-19-4-1-3-17(11-19)14-28(23-10-9-20(30)12-24(23)32-26(28)36)34-25-13-21(31)8-7-18(25)15-27(34,16-35)33-22-5-2-6-22/h1,3-4,7-13,16,22,33H,2,5-6,14-15H2,(H,32,36). The number of carbonyl (C=O) groups excluding carboxylic acids is 2. The van der Waals surface area contributed by atoms with Gasteiger partial charge in [0.2, 0.25) is 0 Å². The number of hydrogen-bond acceptors (Lipinski definition) is 4. The second kappa shape index (κ2) is 8.77. The molecule has 1 aliphatic carbocycles. The lowest BCUT2D eigenvalue weighted by molar-refractivity contribution is -0.122. The molecule has 5 nitrogen and oxygen atoms in total. The molecule has 2 heterocycles. The molecule has 0 saturated heterocycles. The van der Waals surface area contributed by atoms with E-state index in [1.807, 2.05) is 47.4 Å². The van der Waals surface area contributed by atoms with Crippen LogP contribution in [0.15, 0.2) is 60.7 Å². The highest BCUT2D eigenvalue weighted by atomic mass is 35.5. The molecule has 3 aromatic carbocycles. The summed E-state index contributed by atoms with van der Waals surface area (Å²) in [5.41, 5.74) is 1.60. The van der Waals surface area contributed by atoms with Crippen molar-refractivity contribution in [2.24, 2.45) is 0 Å². The van der Waals surface area contributed by atoms with E-state index >= 15 is 0 Å². The zero-order valence-electron chi connectivity index (χ0n) is 19.4. The van der Waals surface area contributed by atoms with Crippen LogP contribution in [0, 0.1) is 0 Å². The monoisotopic (exact) mass is 539 g/mol. The third-order valence-electron chi connectivity index (χ3n) is 7.68. The lowest BCUT2D eigenvalue weighted by Gasteiger charge is -2.50. The molecule has 0 aromatic heterocycles. The molecule has 8 heteroatoms. The lowest BCUT2D eigenvalue weighted by Crippen LogP contribution is -2.70. The van der Waals surface area contributed by atoms with Gasteiger partial charge in [-0.05, 0) is 60.4 Å². The Morgan fingerprint density at radius 2 is 1.75 bits per heavy atom. The molecule has 0 bridgehead atoms. The summed E-state index contributed by atoms with van der Waals surface area (Å²) >= 11 is 19.2. The predicted molar refractivity (Wildman–Crippen MR) is 144 cm³/mol. The Labute approximate surface area is 224 Å². The van der Waals surface area contributed by atoms with Gasteiger partial charge in [0.25, 0.3) is 5.91 Å². The minimum Gasteiger partial charge on any atom is -0.327 e.